The third kappa shape index (κ3) is 3.05. The van der Waals surface area contributed by atoms with Gasteiger partial charge in [0.2, 0.25) is 11.7 Å². The highest BCUT2D eigenvalue weighted by atomic mass is 31.2. The topological polar surface area (TPSA) is 188 Å². The van der Waals surface area contributed by atoms with Crippen molar-refractivity contribution < 1.29 is 38.4 Å². The molecule has 0 spiro atoms. The van der Waals surface area contributed by atoms with Crippen molar-refractivity contribution in [2.45, 2.75) is 24.5 Å². The van der Waals surface area contributed by atoms with Crippen LogP contribution in [0.5, 0.6) is 0 Å². The van der Waals surface area contributed by atoms with Crippen LogP contribution in [0, 0.1) is 0 Å². The van der Waals surface area contributed by atoms with Crippen LogP contribution in [0.3, 0.4) is 0 Å². The molecule has 0 aromatic carbocycles. The van der Waals surface area contributed by atoms with Crippen molar-refractivity contribution in [1.82, 2.24) is 15.0 Å². The SMILES string of the molecule is Nc1ncnc2c1[nH]c[n+]2[C@@H]1O[C@H](COP(=O)(O)O)[C@@H](O)[C@H]1O. The molecule has 12 nitrogen and oxygen atoms in total. The fourth-order valence-electron chi connectivity index (χ4n) is 2.38. The van der Waals surface area contributed by atoms with Gasteiger partial charge in [0.25, 0.3) is 0 Å². The monoisotopic (exact) mass is 348 g/mol. The van der Waals surface area contributed by atoms with Crippen molar-refractivity contribution >= 4 is 24.8 Å². The number of aliphatic hydroxyl groups excluding tert-OH is 2. The molecular weight excluding hydrogens is 333 g/mol. The summed E-state index contributed by atoms with van der Waals surface area (Å²) in [4.78, 5) is 28.1. The summed E-state index contributed by atoms with van der Waals surface area (Å²) in [6.07, 6.45) is -2.27. The Morgan fingerprint density at radius 1 is 1.39 bits per heavy atom. The molecule has 1 fully saturated rings. The molecule has 0 unspecified atom stereocenters. The highest BCUT2D eigenvalue weighted by Gasteiger charge is 2.47. The van der Waals surface area contributed by atoms with Gasteiger partial charge in [-0.3, -0.25) is 9.51 Å². The van der Waals surface area contributed by atoms with E-state index in [0.29, 0.717) is 11.2 Å². The van der Waals surface area contributed by atoms with Crippen LogP contribution in [-0.4, -0.2) is 59.9 Å². The maximum atomic E-state index is 10.7. The van der Waals surface area contributed by atoms with Gasteiger partial charge in [-0.05, 0) is 0 Å². The molecular formula is C10H15N5O7P+. The number of nitrogens with one attached hydrogen (secondary N) is 1. The number of hydrogen-bond donors (Lipinski definition) is 6. The smallest absolute Gasteiger partial charge is 0.387 e. The first-order valence-corrected chi connectivity index (χ1v) is 8.01. The number of imidazole rings is 1. The minimum absolute atomic E-state index is 0.197. The van der Waals surface area contributed by atoms with E-state index in [1.54, 1.807) is 0 Å². The number of phosphoric ester groups is 1. The van der Waals surface area contributed by atoms with E-state index in [-0.39, 0.29) is 5.82 Å². The summed E-state index contributed by atoms with van der Waals surface area (Å²) in [5.41, 5.74) is 6.46. The average Bonchev–Trinajstić information content (AvgIpc) is 3.01. The van der Waals surface area contributed by atoms with Crippen LogP contribution in [-0.2, 0) is 13.8 Å². The number of phosphoric acid groups is 1. The maximum absolute atomic E-state index is 10.7. The lowest BCUT2D eigenvalue weighted by Gasteiger charge is -2.14. The minimum atomic E-state index is -4.71. The zero-order valence-corrected chi connectivity index (χ0v) is 12.4. The summed E-state index contributed by atoms with van der Waals surface area (Å²) in [5.74, 6) is 0.197. The van der Waals surface area contributed by atoms with E-state index in [1.807, 2.05) is 0 Å². The Labute approximate surface area is 128 Å². The van der Waals surface area contributed by atoms with Gasteiger partial charge in [0.05, 0.1) is 6.61 Å². The van der Waals surface area contributed by atoms with Crippen LogP contribution < -0.4 is 10.3 Å². The van der Waals surface area contributed by atoms with Crippen LogP contribution >= 0.6 is 7.82 Å². The molecule has 0 radical (unpaired) electrons. The van der Waals surface area contributed by atoms with E-state index in [0.717, 1.165) is 0 Å². The lowest BCUT2D eigenvalue weighted by atomic mass is 10.1. The molecule has 3 rings (SSSR count). The first-order chi connectivity index (χ1) is 10.8. The van der Waals surface area contributed by atoms with Crippen LogP contribution in [0.15, 0.2) is 12.7 Å². The normalized spacial score (nSPS) is 28.5. The average molecular weight is 348 g/mol. The number of aromatic amines is 1. The van der Waals surface area contributed by atoms with E-state index in [2.05, 4.69) is 19.5 Å². The molecule has 1 aliphatic rings. The number of H-pyrrole nitrogens is 1. The molecule has 126 valence electrons. The third-order valence-corrected chi connectivity index (χ3v) is 3.95. The zero-order valence-electron chi connectivity index (χ0n) is 11.6. The van der Waals surface area contributed by atoms with E-state index in [1.165, 1.54) is 17.2 Å². The molecule has 7 N–H and O–H groups in total. The summed E-state index contributed by atoms with van der Waals surface area (Å²) < 4.78 is 21.9. The first kappa shape index (κ1) is 16.2. The Morgan fingerprint density at radius 3 is 2.83 bits per heavy atom. The second-order valence-corrected chi connectivity index (χ2v) is 6.21. The molecule has 3 heterocycles. The molecule has 2 aromatic rings. The summed E-state index contributed by atoms with van der Waals surface area (Å²) in [6.45, 7) is -0.584. The largest absolute Gasteiger partial charge is 0.469 e. The predicted molar refractivity (Wildman–Crippen MR) is 72.4 cm³/mol. The van der Waals surface area contributed by atoms with Crippen LogP contribution in [0.1, 0.15) is 6.23 Å². The fourth-order valence-corrected chi connectivity index (χ4v) is 2.72. The van der Waals surface area contributed by atoms with Crippen LogP contribution in [0.25, 0.3) is 11.2 Å². The Bertz CT molecular complexity index is 763. The number of nitrogen functional groups attached to an aromatic ring is 1. The predicted octanol–water partition coefficient (Wildman–Crippen LogP) is -2.44. The van der Waals surface area contributed by atoms with Gasteiger partial charge in [-0.2, -0.15) is 4.98 Å². The van der Waals surface area contributed by atoms with Crippen molar-refractivity contribution in [3.05, 3.63) is 12.7 Å². The summed E-state index contributed by atoms with van der Waals surface area (Å²) in [7, 11) is -4.71. The van der Waals surface area contributed by atoms with Gasteiger partial charge in [-0.1, -0.05) is 4.98 Å². The highest BCUT2D eigenvalue weighted by Crippen LogP contribution is 2.37. The van der Waals surface area contributed by atoms with Gasteiger partial charge in [-0.25, -0.2) is 9.13 Å². The number of nitrogens with two attached hydrogens (primary N) is 1. The standard InChI is InChI=1S/C10H14N5O7P/c11-8-5-9(13-2-12-8)15(3-14-5)10-7(17)6(16)4(22-10)1-21-23(18,19)20/h2-4,6-7,10,16-17H,1H2,(H4,11,12,13,18,19,20)/p+1/t4-,6-,7-,10-/m1/s1. The van der Waals surface area contributed by atoms with Crippen LogP contribution in [0.2, 0.25) is 0 Å². The second-order valence-electron chi connectivity index (χ2n) is 4.97. The number of anilines is 1. The molecule has 0 aliphatic carbocycles. The molecule has 0 bridgehead atoms. The van der Waals surface area contributed by atoms with E-state index >= 15 is 0 Å². The molecule has 1 saturated heterocycles. The van der Waals surface area contributed by atoms with Crippen molar-refractivity contribution in [3.63, 3.8) is 0 Å². The van der Waals surface area contributed by atoms with Gasteiger partial charge >= 0.3 is 13.5 Å². The quantitative estimate of drug-likeness (QED) is 0.256. The van der Waals surface area contributed by atoms with Gasteiger partial charge < -0.3 is 30.5 Å². The number of aromatic nitrogens is 4. The zero-order chi connectivity index (χ0) is 16.8. The number of ether oxygens (including phenoxy) is 1. The number of aliphatic hydroxyl groups is 2. The van der Waals surface area contributed by atoms with Crippen molar-refractivity contribution in [2.24, 2.45) is 0 Å². The van der Waals surface area contributed by atoms with Gasteiger partial charge in [0.1, 0.15) is 18.3 Å². The van der Waals surface area contributed by atoms with E-state index in [4.69, 9.17) is 20.3 Å². The number of fused-ring (bicyclic) bond motifs is 1. The van der Waals surface area contributed by atoms with Gasteiger partial charge in [0, 0.05) is 0 Å². The molecule has 4 atom stereocenters. The maximum Gasteiger partial charge on any atom is 0.469 e. The van der Waals surface area contributed by atoms with Crippen LogP contribution in [0.4, 0.5) is 5.82 Å². The van der Waals surface area contributed by atoms with Crippen molar-refractivity contribution in [2.75, 3.05) is 12.3 Å². The summed E-state index contributed by atoms with van der Waals surface area (Å²) in [6, 6.07) is 0. The lowest BCUT2D eigenvalue weighted by Crippen LogP contribution is -2.45. The number of nitrogens with zero attached hydrogens (tertiary/aromatic N) is 3. The van der Waals surface area contributed by atoms with Crippen molar-refractivity contribution in [1.29, 1.82) is 0 Å². The summed E-state index contributed by atoms with van der Waals surface area (Å²) in [5, 5.41) is 20.1. The fraction of sp³-hybridized carbons (Fsp3) is 0.500. The molecule has 1 aliphatic heterocycles. The molecule has 23 heavy (non-hydrogen) atoms. The van der Waals surface area contributed by atoms with Crippen molar-refractivity contribution in [3.8, 4) is 0 Å². The van der Waals surface area contributed by atoms with Gasteiger partial charge in [-0.15, -0.1) is 0 Å². The summed E-state index contributed by atoms with van der Waals surface area (Å²) >= 11 is 0. The molecule has 0 saturated carbocycles. The minimum Gasteiger partial charge on any atom is -0.387 e. The van der Waals surface area contributed by atoms with Gasteiger partial charge in [0.15, 0.2) is 18.5 Å². The highest BCUT2D eigenvalue weighted by molar-refractivity contribution is 7.46. The number of rotatable bonds is 4. The Balaban J connectivity index is 1.85. The Kier molecular flexibility index (Phi) is 4.06. The Hall–Kier alpha value is -1.66. The Morgan fingerprint density at radius 2 is 2.13 bits per heavy atom. The second kappa shape index (κ2) is 5.76. The molecule has 2 aromatic heterocycles. The van der Waals surface area contributed by atoms with E-state index in [9.17, 15) is 14.8 Å². The molecule has 13 heteroatoms. The molecule has 0 amide bonds. The number of hydrogen-bond acceptors (Lipinski definition) is 8. The lowest BCUT2D eigenvalue weighted by molar-refractivity contribution is -0.745. The van der Waals surface area contributed by atoms with E-state index < -0.39 is 39.0 Å². The third-order valence-electron chi connectivity index (χ3n) is 3.47. The first-order valence-electron chi connectivity index (χ1n) is 6.48.